The van der Waals surface area contributed by atoms with E-state index in [4.69, 9.17) is 0 Å². The Bertz CT molecular complexity index is 1110. The number of rotatable bonds is 4. The molecule has 4 nitrogen and oxygen atoms in total. The van der Waals surface area contributed by atoms with Crippen molar-refractivity contribution in [2.75, 3.05) is 5.32 Å². The van der Waals surface area contributed by atoms with Crippen molar-refractivity contribution in [3.63, 3.8) is 0 Å². The standard InChI is InChI=1S/C24H23F2N3O/c1-24(2,3)14-13-16-9-11-17(12-10-16)18-7-5-6-8-20(18)27-23(30)19-15-29(4)28-21(19)22(25)26/h5-12,15,22H,1-4H3,(H,27,30). The highest BCUT2D eigenvalue weighted by Crippen LogP contribution is 2.29. The zero-order valence-corrected chi connectivity index (χ0v) is 17.3. The highest BCUT2D eigenvalue weighted by atomic mass is 19.3. The molecule has 3 aromatic rings. The van der Waals surface area contributed by atoms with E-state index in [1.807, 2.05) is 36.4 Å². The van der Waals surface area contributed by atoms with Crippen LogP contribution in [-0.2, 0) is 7.05 Å². The number of alkyl halides is 2. The summed E-state index contributed by atoms with van der Waals surface area (Å²) in [6.45, 7) is 6.15. The molecule has 0 spiro atoms. The van der Waals surface area contributed by atoms with Gasteiger partial charge in [-0.3, -0.25) is 9.48 Å². The molecular weight excluding hydrogens is 384 g/mol. The predicted molar refractivity (Wildman–Crippen MR) is 114 cm³/mol. The van der Waals surface area contributed by atoms with E-state index in [0.717, 1.165) is 16.7 Å². The lowest BCUT2D eigenvalue weighted by Gasteiger charge is -2.11. The molecule has 0 bridgehead atoms. The molecule has 1 heterocycles. The van der Waals surface area contributed by atoms with Gasteiger partial charge in [0.05, 0.1) is 5.56 Å². The van der Waals surface area contributed by atoms with E-state index < -0.39 is 18.0 Å². The van der Waals surface area contributed by atoms with Gasteiger partial charge in [-0.1, -0.05) is 42.2 Å². The number of aryl methyl sites for hydroxylation is 1. The van der Waals surface area contributed by atoms with Gasteiger partial charge in [0.15, 0.2) is 0 Å². The number of aromatic nitrogens is 2. The van der Waals surface area contributed by atoms with Crippen molar-refractivity contribution in [2.45, 2.75) is 27.2 Å². The number of carbonyl (C=O) groups excluding carboxylic acids is 1. The second kappa shape index (κ2) is 8.50. The third-order valence-electron chi connectivity index (χ3n) is 4.26. The average molecular weight is 407 g/mol. The number of carbonyl (C=O) groups is 1. The maximum absolute atomic E-state index is 13.2. The van der Waals surface area contributed by atoms with Crippen molar-refractivity contribution in [2.24, 2.45) is 12.5 Å². The van der Waals surface area contributed by atoms with Crippen molar-refractivity contribution in [3.05, 3.63) is 71.5 Å². The van der Waals surface area contributed by atoms with Gasteiger partial charge in [-0.15, -0.1) is 0 Å². The molecule has 154 valence electrons. The van der Waals surface area contributed by atoms with E-state index in [0.29, 0.717) is 5.69 Å². The van der Waals surface area contributed by atoms with E-state index in [1.165, 1.54) is 17.9 Å². The molecule has 1 N–H and O–H groups in total. The number of anilines is 1. The Hall–Kier alpha value is -3.46. The molecule has 2 aromatic carbocycles. The fourth-order valence-corrected chi connectivity index (χ4v) is 2.87. The molecule has 0 aliphatic carbocycles. The van der Waals surface area contributed by atoms with Crippen LogP contribution in [0.15, 0.2) is 54.7 Å². The molecule has 0 atom stereocenters. The molecule has 1 amide bonds. The lowest BCUT2D eigenvalue weighted by atomic mass is 9.97. The van der Waals surface area contributed by atoms with Crippen molar-refractivity contribution in [1.29, 1.82) is 0 Å². The van der Waals surface area contributed by atoms with Crippen molar-refractivity contribution < 1.29 is 13.6 Å². The average Bonchev–Trinajstić information content (AvgIpc) is 3.09. The molecule has 30 heavy (non-hydrogen) atoms. The summed E-state index contributed by atoms with van der Waals surface area (Å²) in [5.74, 6) is 5.72. The van der Waals surface area contributed by atoms with E-state index in [2.05, 4.69) is 43.0 Å². The van der Waals surface area contributed by atoms with Crippen molar-refractivity contribution >= 4 is 11.6 Å². The van der Waals surface area contributed by atoms with Gasteiger partial charge >= 0.3 is 0 Å². The Morgan fingerprint density at radius 3 is 2.40 bits per heavy atom. The highest BCUT2D eigenvalue weighted by molar-refractivity contribution is 6.06. The minimum absolute atomic E-state index is 0.0844. The molecule has 0 aliphatic rings. The molecule has 1 aromatic heterocycles. The molecule has 0 radical (unpaired) electrons. The summed E-state index contributed by atoms with van der Waals surface area (Å²) >= 11 is 0. The quantitative estimate of drug-likeness (QED) is 0.566. The summed E-state index contributed by atoms with van der Waals surface area (Å²) < 4.78 is 27.6. The number of nitrogens with zero attached hydrogens (tertiary/aromatic N) is 2. The Balaban J connectivity index is 1.88. The van der Waals surface area contributed by atoms with Crippen LogP contribution in [0.5, 0.6) is 0 Å². The van der Waals surface area contributed by atoms with E-state index in [9.17, 15) is 13.6 Å². The van der Waals surface area contributed by atoms with E-state index >= 15 is 0 Å². The number of hydrogen-bond donors (Lipinski definition) is 1. The van der Waals surface area contributed by atoms with Gasteiger partial charge in [0.1, 0.15) is 5.69 Å². The monoisotopic (exact) mass is 407 g/mol. The van der Waals surface area contributed by atoms with Crippen LogP contribution >= 0.6 is 0 Å². The van der Waals surface area contributed by atoms with Crippen LogP contribution in [0.2, 0.25) is 0 Å². The fraction of sp³-hybridized carbons (Fsp3) is 0.250. The van der Waals surface area contributed by atoms with E-state index in [-0.39, 0.29) is 11.0 Å². The minimum Gasteiger partial charge on any atom is -0.321 e. The second-order valence-corrected chi connectivity index (χ2v) is 7.98. The van der Waals surface area contributed by atoms with Crippen LogP contribution in [0.4, 0.5) is 14.5 Å². The van der Waals surface area contributed by atoms with Gasteiger partial charge in [-0.05, 0) is 44.5 Å². The van der Waals surface area contributed by atoms with Crippen LogP contribution < -0.4 is 5.32 Å². The van der Waals surface area contributed by atoms with Gasteiger partial charge in [0, 0.05) is 35.5 Å². The Morgan fingerprint density at radius 2 is 1.77 bits per heavy atom. The zero-order valence-electron chi connectivity index (χ0n) is 17.3. The van der Waals surface area contributed by atoms with Gasteiger partial charge < -0.3 is 5.32 Å². The van der Waals surface area contributed by atoms with Gasteiger partial charge in [0.2, 0.25) is 0 Å². The van der Waals surface area contributed by atoms with Crippen molar-refractivity contribution in [1.82, 2.24) is 9.78 Å². The largest absolute Gasteiger partial charge is 0.321 e. The number of benzene rings is 2. The lowest BCUT2D eigenvalue weighted by Crippen LogP contribution is -2.14. The molecule has 0 saturated carbocycles. The van der Waals surface area contributed by atoms with E-state index in [1.54, 1.807) is 12.1 Å². The minimum atomic E-state index is -2.83. The summed E-state index contributed by atoms with van der Waals surface area (Å²) in [4.78, 5) is 12.7. The lowest BCUT2D eigenvalue weighted by molar-refractivity contribution is 0.101. The van der Waals surface area contributed by atoms with Crippen LogP contribution in [0.3, 0.4) is 0 Å². The SMILES string of the molecule is Cn1cc(C(=O)Nc2ccccc2-c2ccc(C#CC(C)(C)C)cc2)c(C(F)F)n1. The number of para-hydroxylation sites is 1. The first kappa shape index (κ1) is 21.3. The van der Waals surface area contributed by atoms with Crippen LogP contribution in [-0.4, -0.2) is 15.7 Å². The van der Waals surface area contributed by atoms with Gasteiger partial charge in [0.25, 0.3) is 12.3 Å². The number of halogens is 2. The number of nitrogens with one attached hydrogen (secondary N) is 1. The maximum atomic E-state index is 13.2. The zero-order chi connectivity index (χ0) is 21.9. The molecular formula is C24H23F2N3O. The molecule has 3 rings (SSSR count). The smallest absolute Gasteiger partial charge is 0.282 e. The van der Waals surface area contributed by atoms with Crippen molar-refractivity contribution in [3.8, 4) is 23.0 Å². The number of hydrogen-bond acceptors (Lipinski definition) is 2. The Morgan fingerprint density at radius 1 is 1.10 bits per heavy atom. The summed E-state index contributed by atoms with van der Waals surface area (Å²) in [5.41, 5.74) is 2.33. The molecule has 6 heteroatoms. The normalized spacial score (nSPS) is 11.2. The van der Waals surface area contributed by atoms with Gasteiger partial charge in [-0.2, -0.15) is 5.10 Å². The Labute approximate surface area is 174 Å². The van der Waals surface area contributed by atoms with Gasteiger partial charge in [-0.25, -0.2) is 8.78 Å². The number of amides is 1. The third-order valence-corrected chi connectivity index (χ3v) is 4.26. The first-order valence-corrected chi connectivity index (χ1v) is 9.50. The summed E-state index contributed by atoms with van der Waals surface area (Å²) in [5, 5.41) is 6.43. The Kier molecular flexibility index (Phi) is 6.02. The summed E-state index contributed by atoms with van der Waals surface area (Å²) in [6, 6.07) is 14.9. The second-order valence-electron chi connectivity index (χ2n) is 7.98. The molecule has 0 fully saturated rings. The molecule has 0 aliphatic heterocycles. The first-order chi connectivity index (χ1) is 14.1. The fourth-order valence-electron chi connectivity index (χ4n) is 2.87. The van der Waals surface area contributed by atoms with Crippen LogP contribution in [0, 0.1) is 17.3 Å². The maximum Gasteiger partial charge on any atom is 0.282 e. The molecule has 0 saturated heterocycles. The third kappa shape index (κ3) is 5.12. The van der Waals surface area contributed by atoms with Crippen LogP contribution in [0.25, 0.3) is 11.1 Å². The summed E-state index contributed by atoms with van der Waals surface area (Å²) in [7, 11) is 1.50. The predicted octanol–water partition coefficient (Wildman–Crippen LogP) is 5.67. The topological polar surface area (TPSA) is 46.9 Å². The molecule has 0 unspecified atom stereocenters. The van der Waals surface area contributed by atoms with Crippen LogP contribution in [0.1, 0.15) is 48.8 Å². The first-order valence-electron chi connectivity index (χ1n) is 9.50. The summed E-state index contributed by atoms with van der Waals surface area (Å²) in [6.07, 6.45) is -1.54. The highest BCUT2D eigenvalue weighted by Gasteiger charge is 2.23.